The summed E-state index contributed by atoms with van der Waals surface area (Å²) in [5.41, 5.74) is 0. The third kappa shape index (κ3) is 8.09. The molecule has 84 valence electrons. The minimum Gasteiger partial charge on any atom is -0.463 e. The van der Waals surface area contributed by atoms with Gasteiger partial charge in [-0.25, -0.2) is 0 Å². The average Bonchev–Trinajstić information content (AvgIpc) is 2.10. The molecule has 1 atom stereocenters. The van der Waals surface area contributed by atoms with Crippen LogP contribution in [0.1, 0.15) is 59.8 Å². The summed E-state index contributed by atoms with van der Waals surface area (Å²) in [6.45, 7) is 8.18. The highest BCUT2D eigenvalue weighted by molar-refractivity contribution is 5.69. The van der Waals surface area contributed by atoms with Crippen LogP contribution in [-0.2, 0) is 9.53 Å². The minimum absolute atomic E-state index is 0.0217. The Hall–Kier alpha value is -0.530. The predicted octanol–water partition coefficient (Wildman–Crippen LogP) is 3.54. The van der Waals surface area contributed by atoms with Crippen molar-refractivity contribution in [2.75, 3.05) is 0 Å². The van der Waals surface area contributed by atoms with Crippen LogP contribution in [0.3, 0.4) is 0 Å². The highest BCUT2D eigenvalue weighted by Gasteiger charge is 2.08. The summed E-state index contributed by atoms with van der Waals surface area (Å²) in [5, 5.41) is 0. The van der Waals surface area contributed by atoms with Gasteiger partial charge in [-0.05, 0) is 26.2 Å². The van der Waals surface area contributed by atoms with Gasteiger partial charge in [0.1, 0.15) is 0 Å². The van der Waals surface area contributed by atoms with Crippen molar-refractivity contribution in [2.45, 2.75) is 65.9 Å². The van der Waals surface area contributed by atoms with Crippen LogP contribution in [0.4, 0.5) is 0 Å². The molecule has 0 heterocycles. The van der Waals surface area contributed by atoms with Gasteiger partial charge in [-0.15, -0.1) is 0 Å². The Morgan fingerprint density at radius 2 is 1.86 bits per heavy atom. The zero-order valence-electron chi connectivity index (χ0n) is 10.0. The predicted molar refractivity (Wildman–Crippen MR) is 59.2 cm³/mol. The normalized spacial score (nSPS) is 12.9. The Bertz CT molecular complexity index is 152. The van der Waals surface area contributed by atoms with Gasteiger partial charge in [-0.3, -0.25) is 4.79 Å². The molecule has 2 nitrogen and oxygen atoms in total. The molecule has 0 aromatic carbocycles. The number of rotatable bonds is 7. The van der Waals surface area contributed by atoms with Gasteiger partial charge >= 0.3 is 5.97 Å². The van der Waals surface area contributed by atoms with Crippen molar-refractivity contribution < 1.29 is 9.53 Å². The van der Waals surface area contributed by atoms with Crippen molar-refractivity contribution in [3.05, 3.63) is 0 Å². The smallest absolute Gasteiger partial charge is 0.306 e. The van der Waals surface area contributed by atoms with Gasteiger partial charge in [-0.1, -0.05) is 33.1 Å². The monoisotopic (exact) mass is 200 g/mol. The molecule has 0 fully saturated rings. The summed E-state index contributed by atoms with van der Waals surface area (Å²) in [6.07, 6.45) is 5.29. The largest absolute Gasteiger partial charge is 0.463 e. The van der Waals surface area contributed by atoms with E-state index in [1.165, 1.54) is 19.3 Å². The van der Waals surface area contributed by atoms with Crippen LogP contribution in [0, 0.1) is 5.92 Å². The van der Waals surface area contributed by atoms with Crippen molar-refractivity contribution in [3.63, 3.8) is 0 Å². The van der Waals surface area contributed by atoms with E-state index in [1.807, 2.05) is 13.8 Å². The number of hydrogen-bond donors (Lipinski definition) is 0. The van der Waals surface area contributed by atoms with Crippen LogP contribution in [0.15, 0.2) is 0 Å². The molecule has 0 unspecified atom stereocenters. The Morgan fingerprint density at radius 3 is 2.36 bits per heavy atom. The molecule has 0 aromatic heterocycles. The molecule has 0 saturated carbocycles. The number of esters is 1. The lowest BCUT2D eigenvalue weighted by atomic mass is 9.99. The first kappa shape index (κ1) is 13.5. The zero-order valence-corrected chi connectivity index (χ0v) is 10.0. The molecule has 0 N–H and O–H groups in total. The summed E-state index contributed by atoms with van der Waals surface area (Å²) in [5.74, 6) is 0.595. The van der Waals surface area contributed by atoms with E-state index in [4.69, 9.17) is 4.74 Å². The maximum Gasteiger partial charge on any atom is 0.306 e. The maximum atomic E-state index is 11.2. The molecule has 0 rings (SSSR count). The molecule has 0 amide bonds. The third-order valence-corrected chi connectivity index (χ3v) is 2.26. The standard InChI is InChI=1S/C12H24O2/c1-5-6-7-11(4)8-9-12(13)14-10(2)3/h10-11H,5-9H2,1-4H3/t11-/m0/s1. The van der Waals surface area contributed by atoms with Crippen LogP contribution in [-0.4, -0.2) is 12.1 Å². The van der Waals surface area contributed by atoms with E-state index in [-0.39, 0.29) is 12.1 Å². The van der Waals surface area contributed by atoms with Gasteiger partial charge in [0, 0.05) is 6.42 Å². The lowest BCUT2D eigenvalue weighted by Crippen LogP contribution is -2.12. The van der Waals surface area contributed by atoms with Gasteiger partial charge in [0.05, 0.1) is 6.10 Å². The number of ether oxygens (including phenoxy) is 1. The molecule has 0 saturated heterocycles. The van der Waals surface area contributed by atoms with Crippen molar-refractivity contribution >= 4 is 5.97 Å². The van der Waals surface area contributed by atoms with Gasteiger partial charge < -0.3 is 4.74 Å². The fraction of sp³-hybridized carbons (Fsp3) is 0.917. The van der Waals surface area contributed by atoms with E-state index in [2.05, 4.69) is 13.8 Å². The number of carbonyl (C=O) groups excluding carboxylic acids is 1. The first-order chi connectivity index (χ1) is 6.56. The molecular formula is C12H24O2. The zero-order chi connectivity index (χ0) is 11.0. The second-order valence-electron chi connectivity index (χ2n) is 4.32. The Balaban J connectivity index is 3.45. The van der Waals surface area contributed by atoms with Gasteiger partial charge in [-0.2, -0.15) is 0 Å². The number of carbonyl (C=O) groups is 1. The Kier molecular flexibility index (Phi) is 7.54. The second kappa shape index (κ2) is 7.84. The molecule has 0 aliphatic heterocycles. The molecule has 0 bridgehead atoms. The lowest BCUT2D eigenvalue weighted by Gasteiger charge is -2.11. The summed E-state index contributed by atoms with van der Waals surface area (Å²) >= 11 is 0. The molecule has 0 aliphatic rings. The second-order valence-corrected chi connectivity index (χ2v) is 4.32. The molecule has 0 spiro atoms. The summed E-state index contributed by atoms with van der Waals surface area (Å²) in [7, 11) is 0. The fourth-order valence-electron chi connectivity index (χ4n) is 1.38. The SMILES string of the molecule is CCCC[C@H](C)CCC(=O)OC(C)C. The van der Waals surface area contributed by atoms with Crippen LogP contribution in [0.2, 0.25) is 0 Å². The van der Waals surface area contributed by atoms with Crippen LogP contribution < -0.4 is 0 Å². The van der Waals surface area contributed by atoms with E-state index in [9.17, 15) is 4.79 Å². The van der Waals surface area contributed by atoms with Crippen molar-refractivity contribution in [1.29, 1.82) is 0 Å². The first-order valence-corrected chi connectivity index (χ1v) is 5.75. The Morgan fingerprint density at radius 1 is 1.21 bits per heavy atom. The highest BCUT2D eigenvalue weighted by atomic mass is 16.5. The molecule has 14 heavy (non-hydrogen) atoms. The molecular weight excluding hydrogens is 176 g/mol. The third-order valence-electron chi connectivity index (χ3n) is 2.26. The lowest BCUT2D eigenvalue weighted by molar-refractivity contribution is -0.147. The van der Waals surface area contributed by atoms with Gasteiger partial charge in [0.15, 0.2) is 0 Å². The van der Waals surface area contributed by atoms with Crippen LogP contribution in [0.5, 0.6) is 0 Å². The van der Waals surface area contributed by atoms with Crippen molar-refractivity contribution in [2.24, 2.45) is 5.92 Å². The summed E-state index contributed by atoms with van der Waals surface area (Å²) in [4.78, 5) is 11.2. The van der Waals surface area contributed by atoms with E-state index in [1.54, 1.807) is 0 Å². The van der Waals surface area contributed by atoms with Crippen molar-refractivity contribution in [3.8, 4) is 0 Å². The number of unbranched alkanes of at least 4 members (excludes halogenated alkanes) is 1. The molecule has 0 aliphatic carbocycles. The highest BCUT2D eigenvalue weighted by Crippen LogP contribution is 2.14. The Labute approximate surface area is 88.0 Å². The minimum atomic E-state index is -0.0525. The van der Waals surface area contributed by atoms with E-state index in [0.29, 0.717) is 12.3 Å². The average molecular weight is 200 g/mol. The molecule has 2 heteroatoms. The van der Waals surface area contributed by atoms with Crippen molar-refractivity contribution in [1.82, 2.24) is 0 Å². The topological polar surface area (TPSA) is 26.3 Å². The summed E-state index contributed by atoms with van der Waals surface area (Å²) < 4.78 is 5.07. The first-order valence-electron chi connectivity index (χ1n) is 5.75. The van der Waals surface area contributed by atoms with E-state index in [0.717, 1.165) is 6.42 Å². The number of hydrogen-bond acceptors (Lipinski definition) is 2. The summed E-state index contributed by atoms with van der Waals surface area (Å²) in [6, 6.07) is 0. The van der Waals surface area contributed by atoms with Crippen LogP contribution >= 0.6 is 0 Å². The quantitative estimate of drug-likeness (QED) is 0.587. The van der Waals surface area contributed by atoms with Crippen LogP contribution in [0.25, 0.3) is 0 Å². The van der Waals surface area contributed by atoms with E-state index >= 15 is 0 Å². The molecule has 0 aromatic rings. The van der Waals surface area contributed by atoms with Gasteiger partial charge in [0.2, 0.25) is 0 Å². The van der Waals surface area contributed by atoms with E-state index < -0.39 is 0 Å². The fourth-order valence-corrected chi connectivity index (χ4v) is 1.38. The maximum absolute atomic E-state index is 11.2. The molecule has 0 radical (unpaired) electrons. The van der Waals surface area contributed by atoms with Gasteiger partial charge in [0.25, 0.3) is 0 Å².